The fourth-order valence-corrected chi connectivity index (χ4v) is 1.63. The van der Waals surface area contributed by atoms with E-state index in [0.29, 0.717) is 11.8 Å². The van der Waals surface area contributed by atoms with Crippen molar-refractivity contribution in [1.29, 1.82) is 0 Å². The summed E-state index contributed by atoms with van der Waals surface area (Å²) in [5, 5.41) is 0. The van der Waals surface area contributed by atoms with E-state index in [1.54, 1.807) is 0 Å². The number of aldehydes is 1. The summed E-state index contributed by atoms with van der Waals surface area (Å²) in [6.07, 6.45) is -2.81. The first kappa shape index (κ1) is 13.1. The molecule has 1 N–H and O–H groups in total. The molecule has 0 atom stereocenters. The topological polar surface area (TPSA) is 49.9 Å². The first-order chi connectivity index (χ1) is 8.91. The van der Waals surface area contributed by atoms with Gasteiger partial charge in [0, 0.05) is 6.20 Å². The molecule has 1 heterocycles. The van der Waals surface area contributed by atoms with Crippen molar-refractivity contribution >= 4 is 6.29 Å². The number of aromatic nitrogens is 1. The maximum Gasteiger partial charge on any atom is 0.416 e. The summed E-state index contributed by atoms with van der Waals surface area (Å²) in [7, 11) is 0. The summed E-state index contributed by atoms with van der Waals surface area (Å²) in [5.41, 5.74) is -0.883. The largest absolute Gasteiger partial charge is 0.416 e. The van der Waals surface area contributed by atoms with Crippen LogP contribution in [0.25, 0.3) is 11.1 Å². The van der Waals surface area contributed by atoms with Crippen molar-refractivity contribution in [3.05, 3.63) is 58.0 Å². The van der Waals surface area contributed by atoms with Crippen molar-refractivity contribution in [2.75, 3.05) is 0 Å². The van der Waals surface area contributed by atoms with Crippen LogP contribution in [0.3, 0.4) is 0 Å². The Labute approximate surface area is 105 Å². The zero-order valence-corrected chi connectivity index (χ0v) is 9.49. The number of hydrogen-bond donors (Lipinski definition) is 1. The maximum absolute atomic E-state index is 12.6. The number of nitrogens with one attached hydrogen (secondary N) is 1. The number of benzene rings is 1. The Hall–Kier alpha value is -2.37. The Morgan fingerprint density at radius 2 is 1.84 bits per heavy atom. The molecule has 2 aromatic rings. The number of hydrogen-bond acceptors (Lipinski definition) is 2. The van der Waals surface area contributed by atoms with Gasteiger partial charge in [-0.25, -0.2) is 0 Å². The first-order valence-electron chi connectivity index (χ1n) is 5.27. The van der Waals surface area contributed by atoms with Gasteiger partial charge in [-0.05, 0) is 29.3 Å². The molecule has 19 heavy (non-hydrogen) atoms. The third kappa shape index (κ3) is 2.73. The fraction of sp³-hybridized carbons (Fsp3) is 0.0769. The van der Waals surface area contributed by atoms with E-state index in [-0.39, 0.29) is 11.1 Å². The lowest BCUT2D eigenvalue weighted by Gasteiger charge is -2.08. The summed E-state index contributed by atoms with van der Waals surface area (Å²) < 4.78 is 37.7. The van der Waals surface area contributed by atoms with Gasteiger partial charge < -0.3 is 4.98 Å². The number of rotatable bonds is 2. The van der Waals surface area contributed by atoms with Crippen molar-refractivity contribution in [3.8, 4) is 11.1 Å². The molecule has 2 rings (SSSR count). The van der Waals surface area contributed by atoms with E-state index in [1.807, 2.05) is 0 Å². The van der Waals surface area contributed by atoms with E-state index in [2.05, 4.69) is 4.98 Å². The Balaban J connectivity index is 2.53. The van der Waals surface area contributed by atoms with E-state index in [4.69, 9.17) is 0 Å². The quantitative estimate of drug-likeness (QED) is 0.850. The van der Waals surface area contributed by atoms with Crippen LogP contribution >= 0.6 is 0 Å². The monoisotopic (exact) mass is 267 g/mol. The fourth-order valence-electron chi connectivity index (χ4n) is 1.63. The van der Waals surface area contributed by atoms with Crippen LogP contribution in [-0.4, -0.2) is 11.3 Å². The van der Waals surface area contributed by atoms with Crippen LogP contribution in [0.5, 0.6) is 0 Å². The highest BCUT2D eigenvalue weighted by molar-refractivity contribution is 5.77. The van der Waals surface area contributed by atoms with E-state index in [9.17, 15) is 22.8 Å². The lowest BCUT2D eigenvalue weighted by Crippen LogP contribution is -2.11. The van der Waals surface area contributed by atoms with Crippen LogP contribution in [-0.2, 0) is 6.18 Å². The lowest BCUT2D eigenvalue weighted by molar-refractivity contribution is -0.137. The molecule has 0 saturated heterocycles. The number of alkyl halides is 3. The van der Waals surface area contributed by atoms with E-state index < -0.39 is 17.3 Å². The van der Waals surface area contributed by atoms with Crippen LogP contribution < -0.4 is 5.56 Å². The molecule has 0 unspecified atom stereocenters. The van der Waals surface area contributed by atoms with Gasteiger partial charge in [-0.1, -0.05) is 12.1 Å². The zero-order valence-electron chi connectivity index (χ0n) is 9.49. The predicted molar refractivity (Wildman–Crippen MR) is 62.9 cm³/mol. The van der Waals surface area contributed by atoms with Gasteiger partial charge in [0.25, 0.3) is 5.56 Å². The molecule has 98 valence electrons. The Morgan fingerprint density at radius 1 is 1.11 bits per heavy atom. The van der Waals surface area contributed by atoms with E-state index >= 15 is 0 Å². The van der Waals surface area contributed by atoms with Crippen molar-refractivity contribution in [2.45, 2.75) is 6.18 Å². The third-order valence-electron chi connectivity index (χ3n) is 2.58. The molecule has 0 aliphatic rings. The average molecular weight is 267 g/mol. The second-order valence-electron chi connectivity index (χ2n) is 3.87. The predicted octanol–water partition coefficient (Wildman–Crippen LogP) is 2.87. The number of carbonyl (C=O) groups is 1. The Bertz CT molecular complexity index is 674. The molecule has 0 saturated carbocycles. The van der Waals surface area contributed by atoms with Gasteiger partial charge in [0.2, 0.25) is 0 Å². The van der Waals surface area contributed by atoms with Gasteiger partial charge >= 0.3 is 6.18 Å². The van der Waals surface area contributed by atoms with Gasteiger partial charge in [-0.15, -0.1) is 0 Å². The number of halogens is 3. The molecule has 0 bridgehead atoms. The van der Waals surface area contributed by atoms with E-state index in [1.165, 1.54) is 24.4 Å². The molecular weight excluding hydrogens is 259 g/mol. The highest BCUT2D eigenvalue weighted by atomic mass is 19.4. The molecule has 0 fully saturated rings. The summed E-state index contributed by atoms with van der Waals surface area (Å²) in [6.45, 7) is 0. The van der Waals surface area contributed by atoms with Gasteiger partial charge in [0.05, 0.1) is 11.1 Å². The average Bonchev–Trinajstić information content (AvgIpc) is 2.38. The highest BCUT2D eigenvalue weighted by Gasteiger charge is 2.30. The van der Waals surface area contributed by atoms with Crippen LogP contribution in [0.15, 0.2) is 41.3 Å². The zero-order chi connectivity index (χ0) is 14.0. The van der Waals surface area contributed by atoms with Gasteiger partial charge in [-0.3, -0.25) is 9.59 Å². The van der Waals surface area contributed by atoms with Gasteiger partial charge in [0.15, 0.2) is 6.29 Å². The Morgan fingerprint density at radius 3 is 2.47 bits per heavy atom. The number of carbonyl (C=O) groups excluding carboxylic acids is 1. The molecular formula is C13H8F3NO2. The van der Waals surface area contributed by atoms with Crippen molar-refractivity contribution < 1.29 is 18.0 Å². The molecule has 0 aliphatic carbocycles. The summed E-state index contributed by atoms with van der Waals surface area (Å²) >= 11 is 0. The number of aromatic amines is 1. The first-order valence-corrected chi connectivity index (χ1v) is 5.27. The lowest BCUT2D eigenvalue weighted by atomic mass is 10.0. The van der Waals surface area contributed by atoms with Crippen molar-refractivity contribution in [1.82, 2.24) is 4.98 Å². The summed E-state index contributed by atoms with van der Waals surface area (Å²) in [6, 6.07) is 5.90. The molecule has 0 amide bonds. The van der Waals surface area contributed by atoms with Crippen LogP contribution in [0.2, 0.25) is 0 Å². The second-order valence-corrected chi connectivity index (χ2v) is 3.87. The molecule has 0 spiro atoms. The number of pyridine rings is 1. The molecule has 3 nitrogen and oxygen atoms in total. The normalized spacial score (nSPS) is 11.3. The molecule has 1 aromatic carbocycles. The minimum atomic E-state index is -4.44. The Kier molecular flexibility index (Phi) is 3.25. The highest BCUT2D eigenvalue weighted by Crippen LogP contribution is 2.31. The van der Waals surface area contributed by atoms with Crippen LogP contribution in [0, 0.1) is 0 Å². The smallest absolute Gasteiger partial charge is 0.328 e. The van der Waals surface area contributed by atoms with Crippen molar-refractivity contribution in [2.24, 2.45) is 0 Å². The standard InChI is InChI=1S/C13H8F3NO2/c14-13(15,16)11-3-1-2-8(5-11)9-4-10(7-18)12(19)17-6-9/h1-7H,(H,17,19). The number of H-pyrrole nitrogens is 1. The van der Waals surface area contributed by atoms with Crippen molar-refractivity contribution in [3.63, 3.8) is 0 Å². The minimum absolute atomic E-state index is 0.130. The van der Waals surface area contributed by atoms with Gasteiger partial charge in [0.1, 0.15) is 0 Å². The van der Waals surface area contributed by atoms with Crippen LogP contribution in [0.4, 0.5) is 13.2 Å². The molecule has 1 aromatic heterocycles. The van der Waals surface area contributed by atoms with Gasteiger partial charge in [-0.2, -0.15) is 13.2 Å². The van der Waals surface area contributed by atoms with Crippen LogP contribution in [0.1, 0.15) is 15.9 Å². The molecule has 6 heteroatoms. The minimum Gasteiger partial charge on any atom is -0.328 e. The summed E-state index contributed by atoms with van der Waals surface area (Å²) in [4.78, 5) is 24.1. The summed E-state index contributed by atoms with van der Waals surface area (Å²) in [5.74, 6) is 0. The molecule has 0 aliphatic heterocycles. The maximum atomic E-state index is 12.6. The second kappa shape index (κ2) is 4.72. The molecule has 0 radical (unpaired) electrons. The van der Waals surface area contributed by atoms with E-state index in [0.717, 1.165) is 12.1 Å². The third-order valence-corrected chi connectivity index (χ3v) is 2.58. The SMILES string of the molecule is O=Cc1cc(-c2cccc(C(F)(F)F)c2)c[nH]c1=O.